The lowest BCUT2D eigenvalue weighted by atomic mass is 9.69. The lowest BCUT2D eigenvalue weighted by Crippen LogP contribution is -2.51. The summed E-state index contributed by atoms with van der Waals surface area (Å²) in [5.74, 6) is 0.829. The Labute approximate surface area is 170 Å². The van der Waals surface area contributed by atoms with Gasteiger partial charge in [0.2, 0.25) is 0 Å². The molecule has 4 atom stereocenters. The summed E-state index contributed by atoms with van der Waals surface area (Å²) in [5, 5.41) is 3.67. The Balaban J connectivity index is 1.52. The maximum atomic E-state index is 4.80. The maximum absolute atomic E-state index is 4.80. The number of allylic oxidation sites excluding steroid dienone is 1. The minimum atomic E-state index is -0.0266. The standard InChI is InChI=1S/C24H36N4/c1-6-27(7-2)20-11-9-19(10-12-20)26-22-25-15-8-16-28(22)21-17-18-13-14-24(21,5)23(18,3)4/h8-12,15-16,18,21-22,26H,6-7,13-14,17H2,1-5H3. The average molecular weight is 381 g/mol. The lowest BCUT2D eigenvalue weighted by molar-refractivity contribution is 0.0545. The van der Waals surface area contributed by atoms with Crippen LogP contribution < -0.4 is 10.2 Å². The second-order valence-electron chi connectivity index (χ2n) is 9.45. The summed E-state index contributed by atoms with van der Waals surface area (Å²) >= 11 is 0. The quantitative estimate of drug-likeness (QED) is 0.722. The summed E-state index contributed by atoms with van der Waals surface area (Å²) in [6, 6.07) is 9.34. The number of hydrogen-bond donors (Lipinski definition) is 1. The number of rotatable bonds is 6. The van der Waals surface area contributed by atoms with Crippen molar-refractivity contribution < 1.29 is 0 Å². The minimum Gasteiger partial charge on any atom is -0.372 e. The lowest BCUT2D eigenvalue weighted by Gasteiger charge is -2.46. The summed E-state index contributed by atoms with van der Waals surface area (Å²) in [5.41, 5.74) is 3.16. The Kier molecular flexibility index (Phi) is 4.93. The van der Waals surface area contributed by atoms with E-state index in [1.54, 1.807) is 0 Å². The van der Waals surface area contributed by atoms with Crippen LogP contribution in [0.15, 0.2) is 41.5 Å². The summed E-state index contributed by atoms with van der Waals surface area (Å²) < 4.78 is 0. The van der Waals surface area contributed by atoms with Crippen LogP contribution in [0.2, 0.25) is 0 Å². The minimum absolute atomic E-state index is 0.0266. The number of benzene rings is 1. The first-order valence-corrected chi connectivity index (χ1v) is 11.0. The fourth-order valence-corrected chi connectivity index (χ4v) is 5.93. The van der Waals surface area contributed by atoms with Crippen LogP contribution in [-0.4, -0.2) is 36.5 Å². The van der Waals surface area contributed by atoms with Crippen LogP contribution in [-0.2, 0) is 0 Å². The molecule has 0 aromatic heterocycles. The van der Waals surface area contributed by atoms with Gasteiger partial charge in [0.1, 0.15) is 0 Å². The highest BCUT2D eigenvalue weighted by Crippen LogP contribution is 2.66. The molecule has 4 heteroatoms. The van der Waals surface area contributed by atoms with Gasteiger partial charge >= 0.3 is 0 Å². The Morgan fingerprint density at radius 2 is 1.86 bits per heavy atom. The summed E-state index contributed by atoms with van der Waals surface area (Å²) in [4.78, 5) is 9.65. The van der Waals surface area contributed by atoms with E-state index in [2.05, 4.69) is 86.3 Å². The molecule has 2 aliphatic carbocycles. The number of nitrogens with one attached hydrogen (secondary N) is 1. The zero-order chi connectivity index (χ0) is 19.9. The molecule has 1 heterocycles. The normalized spacial score (nSPS) is 32.8. The molecule has 1 N–H and O–H groups in total. The van der Waals surface area contributed by atoms with Gasteiger partial charge in [-0.2, -0.15) is 0 Å². The van der Waals surface area contributed by atoms with Crippen LogP contribution in [0.5, 0.6) is 0 Å². The molecule has 3 aliphatic rings. The fraction of sp³-hybridized carbons (Fsp3) is 0.625. The van der Waals surface area contributed by atoms with Crippen LogP contribution in [0.25, 0.3) is 0 Å². The largest absolute Gasteiger partial charge is 0.372 e. The zero-order valence-electron chi connectivity index (χ0n) is 18.2. The monoisotopic (exact) mass is 380 g/mol. The molecule has 2 fully saturated rings. The SMILES string of the molecule is CCN(CC)c1ccc(NC2N=CC=CN2C2CC3CCC2(C)C3(C)C)cc1. The van der Waals surface area contributed by atoms with Gasteiger partial charge in [0.05, 0.1) is 0 Å². The van der Waals surface area contributed by atoms with E-state index in [1.807, 2.05) is 6.21 Å². The summed E-state index contributed by atoms with van der Waals surface area (Å²) in [7, 11) is 0. The van der Waals surface area contributed by atoms with E-state index in [1.165, 1.54) is 24.9 Å². The van der Waals surface area contributed by atoms with Crippen molar-refractivity contribution in [3.8, 4) is 0 Å². The van der Waals surface area contributed by atoms with E-state index in [0.717, 1.165) is 24.7 Å². The van der Waals surface area contributed by atoms with Crippen molar-refractivity contribution in [2.45, 2.75) is 66.2 Å². The van der Waals surface area contributed by atoms with Crippen LogP contribution >= 0.6 is 0 Å². The summed E-state index contributed by atoms with van der Waals surface area (Å²) in [6.07, 6.45) is 10.2. The van der Waals surface area contributed by atoms with Crippen molar-refractivity contribution in [2.24, 2.45) is 21.7 Å². The van der Waals surface area contributed by atoms with E-state index in [0.29, 0.717) is 16.9 Å². The van der Waals surface area contributed by atoms with Gasteiger partial charge in [-0.3, -0.25) is 0 Å². The first kappa shape index (κ1) is 19.4. The first-order chi connectivity index (χ1) is 13.4. The highest BCUT2D eigenvalue weighted by Gasteiger charge is 2.63. The van der Waals surface area contributed by atoms with E-state index >= 15 is 0 Å². The molecule has 0 radical (unpaired) electrons. The third-order valence-corrected chi connectivity index (χ3v) is 8.25. The topological polar surface area (TPSA) is 30.9 Å². The number of aliphatic imine (C=N–C) groups is 1. The van der Waals surface area contributed by atoms with Gasteiger partial charge in [0, 0.05) is 42.9 Å². The fourth-order valence-electron chi connectivity index (χ4n) is 5.93. The molecule has 1 aliphatic heterocycles. The number of fused-ring (bicyclic) bond motifs is 2. The van der Waals surface area contributed by atoms with Crippen molar-refractivity contribution in [1.82, 2.24) is 4.90 Å². The second-order valence-corrected chi connectivity index (χ2v) is 9.45. The average Bonchev–Trinajstić information content (AvgIpc) is 3.04. The van der Waals surface area contributed by atoms with Crippen LogP contribution in [0.3, 0.4) is 0 Å². The molecular formula is C24H36N4. The van der Waals surface area contributed by atoms with Gasteiger partial charge in [-0.05, 0) is 80.2 Å². The van der Waals surface area contributed by atoms with Gasteiger partial charge in [0.15, 0.2) is 6.29 Å². The molecular weight excluding hydrogens is 344 g/mol. The second kappa shape index (κ2) is 7.13. The molecule has 2 saturated carbocycles. The Hall–Kier alpha value is -1.97. The third kappa shape index (κ3) is 2.92. The molecule has 2 bridgehead atoms. The third-order valence-electron chi connectivity index (χ3n) is 8.25. The molecule has 1 aromatic rings. The van der Waals surface area contributed by atoms with Crippen LogP contribution in [0.4, 0.5) is 11.4 Å². The van der Waals surface area contributed by atoms with Crippen LogP contribution in [0.1, 0.15) is 53.9 Å². The van der Waals surface area contributed by atoms with E-state index in [4.69, 9.17) is 4.99 Å². The molecule has 4 unspecified atom stereocenters. The zero-order valence-corrected chi connectivity index (χ0v) is 18.2. The highest BCUT2D eigenvalue weighted by molar-refractivity contribution is 5.72. The van der Waals surface area contributed by atoms with Crippen molar-refractivity contribution in [3.63, 3.8) is 0 Å². The highest BCUT2D eigenvalue weighted by atomic mass is 15.4. The molecule has 0 amide bonds. The molecule has 152 valence electrons. The van der Waals surface area contributed by atoms with Crippen molar-refractivity contribution >= 4 is 17.6 Å². The Morgan fingerprint density at radius 1 is 1.14 bits per heavy atom. The first-order valence-electron chi connectivity index (χ1n) is 11.0. The predicted molar refractivity (Wildman–Crippen MR) is 120 cm³/mol. The molecule has 1 aromatic carbocycles. The molecule has 4 nitrogen and oxygen atoms in total. The van der Waals surface area contributed by atoms with Crippen molar-refractivity contribution in [3.05, 3.63) is 36.5 Å². The Bertz CT molecular complexity index is 746. The van der Waals surface area contributed by atoms with Gasteiger partial charge in [-0.1, -0.05) is 20.8 Å². The van der Waals surface area contributed by atoms with Crippen molar-refractivity contribution in [2.75, 3.05) is 23.3 Å². The maximum Gasteiger partial charge on any atom is 0.196 e. The molecule has 28 heavy (non-hydrogen) atoms. The smallest absolute Gasteiger partial charge is 0.196 e. The van der Waals surface area contributed by atoms with E-state index < -0.39 is 0 Å². The number of anilines is 2. The Morgan fingerprint density at radius 3 is 2.43 bits per heavy atom. The van der Waals surface area contributed by atoms with E-state index in [-0.39, 0.29) is 6.29 Å². The van der Waals surface area contributed by atoms with Crippen molar-refractivity contribution in [1.29, 1.82) is 0 Å². The van der Waals surface area contributed by atoms with E-state index in [9.17, 15) is 0 Å². The molecule has 4 rings (SSSR count). The van der Waals surface area contributed by atoms with Gasteiger partial charge in [0.25, 0.3) is 0 Å². The van der Waals surface area contributed by atoms with Gasteiger partial charge in [-0.15, -0.1) is 0 Å². The van der Waals surface area contributed by atoms with Crippen LogP contribution in [0, 0.1) is 16.7 Å². The number of nitrogens with zero attached hydrogens (tertiary/aromatic N) is 3. The molecule has 0 saturated heterocycles. The van der Waals surface area contributed by atoms with Gasteiger partial charge in [-0.25, -0.2) is 4.99 Å². The predicted octanol–water partition coefficient (Wildman–Crippen LogP) is 5.34. The number of hydrogen-bond acceptors (Lipinski definition) is 4. The summed E-state index contributed by atoms with van der Waals surface area (Å²) in [6.45, 7) is 13.9. The molecule has 0 spiro atoms. The van der Waals surface area contributed by atoms with Gasteiger partial charge < -0.3 is 15.1 Å².